The highest BCUT2D eigenvalue weighted by atomic mass is 35.5. The normalized spacial score (nSPS) is 17.9. The molecule has 2 amide bonds. The van der Waals surface area contributed by atoms with E-state index in [9.17, 15) is 9.59 Å². The van der Waals surface area contributed by atoms with Crippen molar-refractivity contribution in [2.45, 2.75) is 19.4 Å². The molecule has 1 fully saturated rings. The van der Waals surface area contributed by atoms with Gasteiger partial charge in [-0.2, -0.15) is 11.8 Å². The number of benzene rings is 1. The summed E-state index contributed by atoms with van der Waals surface area (Å²) < 4.78 is 0. The minimum Gasteiger partial charge on any atom is -0.334 e. The zero-order valence-corrected chi connectivity index (χ0v) is 13.1. The number of thioether (sulfide) groups is 1. The van der Waals surface area contributed by atoms with E-state index >= 15 is 0 Å². The van der Waals surface area contributed by atoms with Gasteiger partial charge >= 0.3 is 11.8 Å². The fourth-order valence-corrected chi connectivity index (χ4v) is 3.46. The van der Waals surface area contributed by atoms with Crippen LogP contribution in [0.4, 0.5) is 5.69 Å². The van der Waals surface area contributed by atoms with Gasteiger partial charge in [0, 0.05) is 29.6 Å². The fraction of sp³-hybridized carbons (Fsp3) is 0.429. The first-order valence-corrected chi connectivity index (χ1v) is 7.94. The first-order valence-electron chi connectivity index (χ1n) is 6.41. The Kier molecular flexibility index (Phi) is 4.94. The maximum atomic E-state index is 12.1. The van der Waals surface area contributed by atoms with Crippen molar-refractivity contribution >= 4 is 40.9 Å². The molecular weight excluding hydrogens is 296 g/mol. The van der Waals surface area contributed by atoms with Crippen LogP contribution in [0, 0.1) is 6.92 Å². The summed E-state index contributed by atoms with van der Waals surface area (Å²) in [6, 6.07) is 5.34. The third-order valence-electron chi connectivity index (χ3n) is 3.40. The molecule has 108 valence electrons. The number of hydrogen-bond acceptors (Lipinski definition) is 3. The SMILES string of the molecule is Cc1ccc(NC(=O)C(=O)N(C)[C@@H]2CCSC2)cc1Cl. The van der Waals surface area contributed by atoms with Gasteiger partial charge in [-0.15, -0.1) is 0 Å². The predicted octanol–water partition coefficient (Wildman–Crippen LogP) is 2.55. The maximum absolute atomic E-state index is 12.1. The number of nitrogens with one attached hydrogen (secondary N) is 1. The van der Waals surface area contributed by atoms with E-state index in [1.165, 1.54) is 4.90 Å². The monoisotopic (exact) mass is 312 g/mol. The van der Waals surface area contributed by atoms with Gasteiger partial charge < -0.3 is 10.2 Å². The quantitative estimate of drug-likeness (QED) is 0.854. The van der Waals surface area contributed by atoms with Crippen molar-refractivity contribution in [2.75, 3.05) is 23.9 Å². The number of carbonyl (C=O) groups is 2. The van der Waals surface area contributed by atoms with Gasteiger partial charge in [0.05, 0.1) is 0 Å². The topological polar surface area (TPSA) is 49.4 Å². The Labute approximate surface area is 127 Å². The summed E-state index contributed by atoms with van der Waals surface area (Å²) in [5.41, 5.74) is 1.46. The van der Waals surface area contributed by atoms with Gasteiger partial charge in [-0.3, -0.25) is 9.59 Å². The van der Waals surface area contributed by atoms with Crippen molar-refractivity contribution in [1.82, 2.24) is 4.90 Å². The van der Waals surface area contributed by atoms with Gasteiger partial charge in [-0.05, 0) is 36.8 Å². The predicted molar refractivity (Wildman–Crippen MR) is 83.3 cm³/mol. The Morgan fingerprint density at radius 2 is 2.20 bits per heavy atom. The number of rotatable bonds is 2. The van der Waals surface area contributed by atoms with E-state index < -0.39 is 11.8 Å². The van der Waals surface area contributed by atoms with Crippen LogP contribution in [0.3, 0.4) is 0 Å². The molecule has 0 saturated carbocycles. The van der Waals surface area contributed by atoms with E-state index in [0.717, 1.165) is 23.5 Å². The van der Waals surface area contributed by atoms with Gasteiger partial charge in [0.25, 0.3) is 0 Å². The Morgan fingerprint density at radius 3 is 2.80 bits per heavy atom. The van der Waals surface area contributed by atoms with E-state index in [2.05, 4.69) is 5.32 Å². The van der Waals surface area contributed by atoms with Crippen LogP contribution in [-0.2, 0) is 9.59 Å². The molecule has 0 spiro atoms. The highest BCUT2D eigenvalue weighted by Gasteiger charge is 2.27. The molecule has 4 nitrogen and oxygen atoms in total. The lowest BCUT2D eigenvalue weighted by Gasteiger charge is -2.23. The first kappa shape index (κ1) is 15.2. The van der Waals surface area contributed by atoms with Crippen molar-refractivity contribution in [3.8, 4) is 0 Å². The van der Waals surface area contributed by atoms with E-state index in [0.29, 0.717) is 10.7 Å². The smallest absolute Gasteiger partial charge is 0.313 e. The van der Waals surface area contributed by atoms with E-state index in [-0.39, 0.29) is 6.04 Å². The van der Waals surface area contributed by atoms with E-state index in [4.69, 9.17) is 11.6 Å². The van der Waals surface area contributed by atoms with Crippen LogP contribution in [0.25, 0.3) is 0 Å². The third-order valence-corrected chi connectivity index (χ3v) is 4.95. The molecule has 6 heteroatoms. The minimum absolute atomic E-state index is 0.153. The summed E-state index contributed by atoms with van der Waals surface area (Å²) >= 11 is 7.80. The van der Waals surface area contributed by atoms with Crippen LogP contribution in [0.2, 0.25) is 5.02 Å². The second kappa shape index (κ2) is 6.50. The zero-order chi connectivity index (χ0) is 14.7. The second-order valence-corrected chi connectivity index (χ2v) is 6.41. The first-order chi connectivity index (χ1) is 9.49. The molecule has 1 saturated heterocycles. The highest BCUT2D eigenvalue weighted by Crippen LogP contribution is 2.22. The summed E-state index contributed by atoms with van der Waals surface area (Å²) in [5.74, 6) is 0.808. The average molecular weight is 313 g/mol. The van der Waals surface area contributed by atoms with Crippen LogP contribution in [0.5, 0.6) is 0 Å². The lowest BCUT2D eigenvalue weighted by Crippen LogP contribution is -2.43. The van der Waals surface area contributed by atoms with Crippen LogP contribution < -0.4 is 5.32 Å². The van der Waals surface area contributed by atoms with Gasteiger partial charge in [0.1, 0.15) is 0 Å². The molecule has 0 bridgehead atoms. The Morgan fingerprint density at radius 1 is 1.45 bits per heavy atom. The summed E-state index contributed by atoms with van der Waals surface area (Å²) in [6.07, 6.45) is 0.941. The summed E-state index contributed by atoms with van der Waals surface area (Å²) in [6.45, 7) is 1.88. The lowest BCUT2D eigenvalue weighted by molar-refractivity contribution is -0.143. The molecule has 2 rings (SSSR count). The van der Waals surface area contributed by atoms with Crippen LogP contribution in [-0.4, -0.2) is 41.3 Å². The summed E-state index contributed by atoms with van der Waals surface area (Å²) in [4.78, 5) is 25.5. The van der Waals surface area contributed by atoms with Gasteiger partial charge in [-0.25, -0.2) is 0 Å². The standard InChI is InChI=1S/C14H17ClN2O2S/c1-9-3-4-10(7-12(9)15)16-13(18)14(19)17(2)11-5-6-20-8-11/h3-4,7,11H,5-6,8H2,1-2H3,(H,16,18)/t11-/m1/s1. The molecule has 1 heterocycles. The number of halogens is 1. The van der Waals surface area contributed by atoms with Gasteiger partial charge in [0.2, 0.25) is 0 Å². The largest absolute Gasteiger partial charge is 0.334 e. The number of hydrogen-bond donors (Lipinski definition) is 1. The molecule has 1 N–H and O–H groups in total. The number of amides is 2. The van der Waals surface area contributed by atoms with Crippen molar-refractivity contribution in [3.05, 3.63) is 28.8 Å². The number of nitrogens with zero attached hydrogens (tertiary/aromatic N) is 1. The van der Waals surface area contributed by atoms with Gasteiger partial charge in [0.15, 0.2) is 0 Å². The minimum atomic E-state index is -0.621. The average Bonchev–Trinajstić information content (AvgIpc) is 2.95. The fourth-order valence-electron chi connectivity index (χ4n) is 2.01. The molecule has 0 aliphatic carbocycles. The van der Waals surface area contributed by atoms with Crippen molar-refractivity contribution < 1.29 is 9.59 Å². The third kappa shape index (κ3) is 3.46. The zero-order valence-electron chi connectivity index (χ0n) is 11.5. The summed E-state index contributed by atoms with van der Waals surface area (Å²) in [7, 11) is 1.68. The molecular formula is C14H17ClN2O2S. The molecule has 1 aromatic carbocycles. The Hall–Kier alpha value is -1.20. The molecule has 0 aromatic heterocycles. The van der Waals surface area contributed by atoms with Gasteiger partial charge in [-0.1, -0.05) is 17.7 Å². The van der Waals surface area contributed by atoms with Crippen molar-refractivity contribution in [2.24, 2.45) is 0 Å². The lowest BCUT2D eigenvalue weighted by atomic mass is 10.2. The Balaban J connectivity index is 1.99. The van der Waals surface area contributed by atoms with Crippen LogP contribution >= 0.6 is 23.4 Å². The second-order valence-electron chi connectivity index (χ2n) is 4.85. The molecule has 0 radical (unpaired) electrons. The maximum Gasteiger partial charge on any atom is 0.313 e. The number of likely N-dealkylation sites (N-methyl/N-ethyl adjacent to an activating group) is 1. The van der Waals surface area contributed by atoms with Crippen LogP contribution in [0.1, 0.15) is 12.0 Å². The Bertz CT molecular complexity index is 530. The molecule has 1 aliphatic rings. The number of carbonyl (C=O) groups excluding carboxylic acids is 2. The number of aryl methyl sites for hydroxylation is 1. The van der Waals surface area contributed by atoms with Crippen LogP contribution in [0.15, 0.2) is 18.2 Å². The molecule has 1 aliphatic heterocycles. The van der Waals surface area contributed by atoms with E-state index in [1.807, 2.05) is 6.92 Å². The van der Waals surface area contributed by atoms with Crippen molar-refractivity contribution in [1.29, 1.82) is 0 Å². The summed E-state index contributed by atoms with van der Waals surface area (Å²) in [5, 5.41) is 3.16. The van der Waals surface area contributed by atoms with E-state index in [1.54, 1.807) is 37.0 Å². The molecule has 1 atom stereocenters. The number of anilines is 1. The van der Waals surface area contributed by atoms with Crippen molar-refractivity contribution in [3.63, 3.8) is 0 Å². The highest BCUT2D eigenvalue weighted by molar-refractivity contribution is 7.99. The molecule has 20 heavy (non-hydrogen) atoms. The molecule has 0 unspecified atom stereocenters. The molecule has 1 aromatic rings.